The zero-order valence-electron chi connectivity index (χ0n) is 21.3. The normalized spacial score (nSPS) is 16.9. The topological polar surface area (TPSA) is 86.0 Å². The molecule has 0 spiro atoms. The van der Waals surface area contributed by atoms with Crippen LogP contribution in [0.15, 0.2) is 41.5 Å². The molecule has 0 amide bonds. The van der Waals surface area contributed by atoms with Gasteiger partial charge < -0.3 is 23.7 Å². The lowest BCUT2D eigenvalue weighted by molar-refractivity contribution is 0.123. The number of benzene rings is 1. The number of hydrazone groups is 1. The van der Waals surface area contributed by atoms with Crippen LogP contribution >= 0.6 is 0 Å². The predicted octanol–water partition coefficient (Wildman–Crippen LogP) is 3.86. The monoisotopic (exact) mass is 490 g/mol. The van der Waals surface area contributed by atoms with Crippen LogP contribution < -0.4 is 10.3 Å². The summed E-state index contributed by atoms with van der Waals surface area (Å²) in [5.41, 5.74) is 10.3. The van der Waals surface area contributed by atoms with Crippen molar-refractivity contribution >= 4 is 34.0 Å². The van der Waals surface area contributed by atoms with Gasteiger partial charge >= 0.3 is 0 Å². The van der Waals surface area contributed by atoms with Gasteiger partial charge in [0, 0.05) is 32.8 Å². The highest BCUT2D eigenvalue weighted by molar-refractivity contribution is 5.99. The quantitative estimate of drug-likeness (QED) is 0.379. The van der Waals surface area contributed by atoms with Crippen molar-refractivity contribution in [1.82, 2.24) is 14.5 Å². The molecule has 1 N–H and O–H groups in total. The first-order chi connectivity index (χ1) is 17.6. The molecule has 190 valence electrons. The number of morpholine rings is 1. The molecular weight excluding hydrogens is 456 g/mol. The Balaban J connectivity index is 1.59. The van der Waals surface area contributed by atoms with E-state index < -0.39 is 0 Å². The summed E-state index contributed by atoms with van der Waals surface area (Å²) >= 11 is 0. The van der Waals surface area contributed by atoms with E-state index in [4.69, 9.17) is 24.2 Å². The number of aryl methyl sites for hydroxylation is 1. The first kappa shape index (κ1) is 24.4. The molecular formula is C27H34N6O3. The molecule has 36 heavy (non-hydrogen) atoms. The lowest BCUT2D eigenvalue weighted by Crippen LogP contribution is -2.36. The van der Waals surface area contributed by atoms with Crippen LogP contribution in [0.1, 0.15) is 30.3 Å². The van der Waals surface area contributed by atoms with Crippen molar-refractivity contribution < 1.29 is 14.2 Å². The van der Waals surface area contributed by atoms with Gasteiger partial charge in [0.2, 0.25) is 0 Å². The van der Waals surface area contributed by atoms with E-state index in [0.29, 0.717) is 45.4 Å². The summed E-state index contributed by atoms with van der Waals surface area (Å²) in [4.78, 5) is 12.5. The largest absolute Gasteiger partial charge is 0.383 e. The molecule has 3 aromatic rings. The number of nitrogens with zero attached hydrogens (tertiary/aromatic N) is 5. The summed E-state index contributed by atoms with van der Waals surface area (Å²) in [5, 5.41) is 4.67. The molecule has 2 aromatic heterocycles. The SMILES string of the molecule is COCCn1c(C2=CCOCC2)nc2c(N3CCOCC3)cc(N/N=C(\C)c3cccc(C)c3)nc21. The number of fused-ring (bicyclic) bond motifs is 1. The minimum absolute atomic E-state index is 0.569. The molecule has 1 aromatic carbocycles. The third-order valence-corrected chi connectivity index (χ3v) is 6.58. The number of imidazole rings is 1. The van der Waals surface area contributed by atoms with Crippen molar-refractivity contribution in [3.05, 3.63) is 53.4 Å². The van der Waals surface area contributed by atoms with Crippen molar-refractivity contribution in [3.63, 3.8) is 0 Å². The molecule has 2 aliphatic rings. The van der Waals surface area contributed by atoms with Crippen molar-refractivity contribution in [2.24, 2.45) is 5.10 Å². The number of methoxy groups -OCH3 is 1. The van der Waals surface area contributed by atoms with Crippen LogP contribution in [0.4, 0.5) is 11.5 Å². The van der Waals surface area contributed by atoms with Crippen LogP contribution in [0.3, 0.4) is 0 Å². The Hall–Kier alpha value is -3.27. The Labute approximate surface area is 211 Å². The highest BCUT2D eigenvalue weighted by Crippen LogP contribution is 2.33. The molecule has 1 fully saturated rings. The van der Waals surface area contributed by atoms with Crippen molar-refractivity contribution in [3.8, 4) is 0 Å². The molecule has 1 saturated heterocycles. The van der Waals surface area contributed by atoms with Gasteiger partial charge in [0.25, 0.3) is 0 Å². The van der Waals surface area contributed by atoms with Gasteiger partial charge in [-0.05, 0) is 31.4 Å². The van der Waals surface area contributed by atoms with Gasteiger partial charge in [0.05, 0.1) is 44.4 Å². The summed E-state index contributed by atoms with van der Waals surface area (Å²) in [6, 6.07) is 10.4. The number of ether oxygens (including phenoxy) is 3. The molecule has 0 aliphatic carbocycles. The number of anilines is 2. The van der Waals surface area contributed by atoms with Crippen molar-refractivity contribution in [1.29, 1.82) is 0 Å². The second-order valence-corrected chi connectivity index (χ2v) is 9.11. The zero-order chi connectivity index (χ0) is 24.9. The number of pyridine rings is 1. The smallest absolute Gasteiger partial charge is 0.164 e. The summed E-state index contributed by atoms with van der Waals surface area (Å²) in [5.74, 6) is 1.62. The standard InChI is InChI=1S/C27H34N6O3/c1-19-5-4-6-22(17-19)20(2)30-31-24-18-23(32-9-15-36-16-10-32)25-27(28-24)33(11-14-34-3)26(29-25)21-7-12-35-13-8-21/h4-7,17-18H,8-16H2,1-3H3,(H,28,31)/b30-20+. The second kappa shape index (κ2) is 11.2. The van der Waals surface area contributed by atoms with Crippen LogP contribution in [0.5, 0.6) is 0 Å². The Bertz CT molecular complexity index is 1280. The fraction of sp³-hybridized carbons (Fsp3) is 0.444. The molecule has 5 rings (SSSR count). The fourth-order valence-corrected chi connectivity index (χ4v) is 4.62. The second-order valence-electron chi connectivity index (χ2n) is 9.11. The third-order valence-electron chi connectivity index (χ3n) is 6.58. The van der Waals surface area contributed by atoms with Gasteiger partial charge in [0.15, 0.2) is 11.5 Å². The average Bonchev–Trinajstić information content (AvgIpc) is 3.29. The van der Waals surface area contributed by atoms with Crippen molar-refractivity contribution in [2.75, 3.05) is 63.6 Å². The number of hydrogen-bond donors (Lipinski definition) is 1. The minimum Gasteiger partial charge on any atom is -0.383 e. The summed E-state index contributed by atoms with van der Waals surface area (Å²) in [6.45, 7) is 9.61. The molecule has 9 nitrogen and oxygen atoms in total. The summed E-state index contributed by atoms with van der Waals surface area (Å²) in [7, 11) is 1.72. The van der Waals surface area contributed by atoms with E-state index in [-0.39, 0.29) is 0 Å². The van der Waals surface area contributed by atoms with Crippen LogP contribution in [0, 0.1) is 6.92 Å². The molecule has 0 unspecified atom stereocenters. The van der Waals surface area contributed by atoms with E-state index in [2.05, 4.69) is 57.3 Å². The van der Waals surface area contributed by atoms with E-state index in [1.165, 1.54) is 11.1 Å². The van der Waals surface area contributed by atoms with Gasteiger partial charge in [-0.3, -0.25) is 5.43 Å². The number of nitrogens with one attached hydrogen (secondary N) is 1. The van der Waals surface area contributed by atoms with Gasteiger partial charge in [-0.25, -0.2) is 9.97 Å². The van der Waals surface area contributed by atoms with Crippen molar-refractivity contribution in [2.45, 2.75) is 26.8 Å². The molecule has 0 radical (unpaired) electrons. The summed E-state index contributed by atoms with van der Waals surface area (Å²) in [6.07, 6.45) is 2.95. The average molecular weight is 491 g/mol. The number of aromatic nitrogens is 3. The lowest BCUT2D eigenvalue weighted by atomic mass is 10.1. The highest BCUT2D eigenvalue weighted by Gasteiger charge is 2.23. The maximum Gasteiger partial charge on any atom is 0.164 e. The molecule has 9 heteroatoms. The van der Waals surface area contributed by atoms with Gasteiger partial charge in [-0.15, -0.1) is 0 Å². The van der Waals surface area contributed by atoms with E-state index in [9.17, 15) is 0 Å². The van der Waals surface area contributed by atoms with Crippen LogP contribution in [0.2, 0.25) is 0 Å². The Morgan fingerprint density at radius 1 is 1.14 bits per heavy atom. The molecule has 0 atom stereocenters. The van der Waals surface area contributed by atoms with Crippen LogP contribution in [0.25, 0.3) is 16.7 Å². The number of hydrogen-bond acceptors (Lipinski definition) is 8. The molecule has 0 bridgehead atoms. The Kier molecular flexibility index (Phi) is 7.60. The van der Waals surface area contributed by atoms with E-state index >= 15 is 0 Å². The maximum absolute atomic E-state index is 5.62. The number of rotatable bonds is 8. The Morgan fingerprint density at radius 3 is 2.75 bits per heavy atom. The highest BCUT2D eigenvalue weighted by atomic mass is 16.5. The molecule has 2 aliphatic heterocycles. The molecule has 0 saturated carbocycles. The first-order valence-electron chi connectivity index (χ1n) is 12.5. The van der Waals surface area contributed by atoms with E-state index in [0.717, 1.165) is 53.5 Å². The first-order valence-corrected chi connectivity index (χ1v) is 12.5. The van der Waals surface area contributed by atoms with E-state index in [1.807, 2.05) is 13.0 Å². The minimum atomic E-state index is 0.569. The van der Waals surface area contributed by atoms with Crippen LogP contribution in [-0.2, 0) is 20.8 Å². The molecule has 4 heterocycles. The van der Waals surface area contributed by atoms with Gasteiger partial charge in [0.1, 0.15) is 11.3 Å². The summed E-state index contributed by atoms with van der Waals surface area (Å²) < 4.78 is 18.8. The Morgan fingerprint density at radius 2 is 2.00 bits per heavy atom. The lowest BCUT2D eigenvalue weighted by Gasteiger charge is -2.29. The van der Waals surface area contributed by atoms with Gasteiger partial charge in [-0.1, -0.05) is 35.9 Å². The third kappa shape index (κ3) is 5.28. The maximum atomic E-state index is 5.62. The van der Waals surface area contributed by atoms with Gasteiger partial charge in [-0.2, -0.15) is 5.10 Å². The fourth-order valence-electron chi connectivity index (χ4n) is 4.62. The zero-order valence-corrected chi connectivity index (χ0v) is 21.3. The van der Waals surface area contributed by atoms with E-state index in [1.54, 1.807) is 7.11 Å². The predicted molar refractivity (Wildman–Crippen MR) is 143 cm³/mol. The van der Waals surface area contributed by atoms with Crippen LogP contribution in [-0.4, -0.2) is 73.5 Å².